The Kier molecular flexibility index (Phi) is 6.24. The van der Waals surface area contributed by atoms with Gasteiger partial charge in [-0.05, 0) is 38.4 Å². The molecule has 1 fully saturated rings. The number of benzene rings is 1. The molecule has 0 saturated heterocycles. The first-order valence-electron chi connectivity index (χ1n) is 8.15. The smallest absolute Gasteiger partial charge is 0.220 e. The molecule has 0 radical (unpaired) electrons. The Morgan fingerprint density at radius 3 is 2.48 bits per heavy atom. The first-order valence-corrected chi connectivity index (χ1v) is 8.15. The lowest BCUT2D eigenvalue weighted by atomic mass is 9.87. The highest BCUT2D eigenvalue weighted by Gasteiger charge is 2.19. The molecule has 116 valence electrons. The van der Waals surface area contributed by atoms with Crippen molar-refractivity contribution >= 4 is 5.91 Å². The second kappa shape index (κ2) is 8.18. The van der Waals surface area contributed by atoms with Crippen molar-refractivity contribution in [3.63, 3.8) is 0 Å². The second-order valence-electron chi connectivity index (χ2n) is 6.40. The van der Waals surface area contributed by atoms with Crippen LogP contribution in [0.25, 0.3) is 0 Å². The molecule has 0 aliphatic heterocycles. The number of rotatable bonds is 6. The van der Waals surface area contributed by atoms with Crippen LogP contribution in [0.2, 0.25) is 0 Å². The molecule has 1 N–H and O–H groups in total. The summed E-state index contributed by atoms with van der Waals surface area (Å²) < 4.78 is 0. The molecule has 1 unspecified atom stereocenters. The Labute approximate surface area is 128 Å². The standard InChI is InChI=1S/C18H28N2O/c1-20(2)17(16-11-7-4-8-12-16)14-19-18(21)13-15-9-5-3-6-10-15/h4,7-8,11-12,15,17H,3,5-6,9-10,13-14H2,1-2H3,(H,19,21). The van der Waals surface area contributed by atoms with Crippen molar-refractivity contribution in [1.29, 1.82) is 0 Å². The molecule has 1 aromatic carbocycles. The Bertz CT molecular complexity index is 424. The van der Waals surface area contributed by atoms with Crippen molar-refractivity contribution < 1.29 is 4.79 Å². The van der Waals surface area contributed by atoms with E-state index in [1.54, 1.807) is 0 Å². The van der Waals surface area contributed by atoms with E-state index in [0.717, 1.165) is 0 Å². The number of hydrogen-bond donors (Lipinski definition) is 1. The fraction of sp³-hybridized carbons (Fsp3) is 0.611. The van der Waals surface area contributed by atoms with Crippen molar-refractivity contribution in [2.45, 2.75) is 44.6 Å². The molecule has 3 heteroatoms. The van der Waals surface area contributed by atoms with Gasteiger partial charge in [0.05, 0.1) is 6.04 Å². The van der Waals surface area contributed by atoms with E-state index in [2.05, 4.69) is 48.6 Å². The van der Waals surface area contributed by atoms with Crippen LogP contribution in [0.1, 0.15) is 50.1 Å². The number of nitrogens with zero attached hydrogens (tertiary/aromatic N) is 1. The van der Waals surface area contributed by atoms with Crippen LogP contribution in [0.15, 0.2) is 30.3 Å². The molecule has 1 saturated carbocycles. The van der Waals surface area contributed by atoms with Crippen molar-refractivity contribution in [1.82, 2.24) is 10.2 Å². The zero-order valence-electron chi connectivity index (χ0n) is 13.3. The summed E-state index contributed by atoms with van der Waals surface area (Å²) in [7, 11) is 4.12. The Hall–Kier alpha value is -1.35. The van der Waals surface area contributed by atoms with Crippen LogP contribution in [0.5, 0.6) is 0 Å². The van der Waals surface area contributed by atoms with Crippen molar-refractivity contribution in [2.24, 2.45) is 5.92 Å². The Morgan fingerprint density at radius 2 is 1.86 bits per heavy atom. The van der Waals surface area contributed by atoms with Gasteiger partial charge in [-0.2, -0.15) is 0 Å². The van der Waals surface area contributed by atoms with Crippen LogP contribution in [-0.2, 0) is 4.79 Å². The summed E-state index contributed by atoms with van der Waals surface area (Å²) in [6.07, 6.45) is 7.08. The van der Waals surface area contributed by atoms with Gasteiger partial charge in [0.15, 0.2) is 0 Å². The van der Waals surface area contributed by atoms with E-state index in [9.17, 15) is 4.79 Å². The first kappa shape index (κ1) is 16.0. The minimum absolute atomic E-state index is 0.213. The summed E-state index contributed by atoms with van der Waals surface area (Å²) in [6, 6.07) is 10.6. The van der Waals surface area contributed by atoms with Crippen molar-refractivity contribution in [2.75, 3.05) is 20.6 Å². The molecule has 3 nitrogen and oxygen atoms in total. The predicted molar refractivity (Wildman–Crippen MR) is 87.1 cm³/mol. The van der Waals surface area contributed by atoms with Crippen LogP contribution in [0.4, 0.5) is 0 Å². The molecule has 1 amide bonds. The molecule has 0 bridgehead atoms. The van der Waals surface area contributed by atoms with Gasteiger partial charge in [0, 0.05) is 13.0 Å². The van der Waals surface area contributed by atoms with E-state index in [1.165, 1.54) is 37.7 Å². The summed E-state index contributed by atoms with van der Waals surface area (Å²) in [5.74, 6) is 0.818. The summed E-state index contributed by atoms with van der Waals surface area (Å²) in [4.78, 5) is 14.3. The highest BCUT2D eigenvalue weighted by molar-refractivity contribution is 5.76. The molecule has 1 aliphatic carbocycles. The average Bonchev–Trinajstić information content (AvgIpc) is 2.49. The van der Waals surface area contributed by atoms with Gasteiger partial charge in [0.2, 0.25) is 5.91 Å². The van der Waals surface area contributed by atoms with Gasteiger partial charge in [-0.15, -0.1) is 0 Å². The van der Waals surface area contributed by atoms with Crippen LogP contribution in [-0.4, -0.2) is 31.4 Å². The fourth-order valence-corrected chi connectivity index (χ4v) is 3.21. The van der Waals surface area contributed by atoms with Gasteiger partial charge >= 0.3 is 0 Å². The normalized spacial score (nSPS) is 17.7. The number of carbonyl (C=O) groups is 1. The largest absolute Gasteiger partial charge is 0.354 e. The van der Waals surface area contributed by atoms with Crippen LogP contribution >= 0.6 is 0 Å². The van der Waals surface area contributed by atoms with Crippen molar-refractivity contribution in [3.8, 4) is 0 Å². The Balaban J connectivity index is 1.82. The number of hydrogen-bond acceptors (Lipinski definition) is 2. The maximum Gasteiger partial charge on any atom is 0.220 e. The van der Waals surface area contributed by atoms with Crippen LogP contribution in [0, 0.1) is 5.92 Å². The first-order chi connectivity index (χ1) is 10.2. The molecule has 21 heavy (non-hydrogen) atoms. The molecule has 1 aromatic rings. The van der Waals surface area contributed by atoms with Crippen molar-refractivity contribution in [3.05, 3.63) is 35.9 Å². The number of amides is 1. The average molecular weight is 288 g/mol. The lowest BCUT2D eigenvalue weighted by molar-refractivity contribution is -0.122. The van der Waals surface area contributed by atoms with E-state index in [4.69, 9.17) is 0 Å². The summed E-state index contributed by atoms with van der Waals surface area (Å²) in [5, 5.41) is 3.13. The van der Waals surface area contributed by atoms with Gasteiger partial charge in [0.1, 0.15) is 0 Å². The molecule has 0 aromatic heterocycles. The predicted octanol–water partition coefficient (Wildman–Crippen LogP) is 3.38. The number of nitrogens with one attached hydrogen (secondary N) is 1. The van der Waals surface area contributed by atoms with E-state index in [0.29, 0.717) is 18.9 Å². The van der Waals surface area contributed by atoms with Gasteiger partial charge in [0.25, 0.3) is 0 Å². The molecular weight excluding hydrogens is 260 g/mol. The van der Waals surface area contributed by atoms with Gasteiger partial charge in [-0.3, -0.25) is 4.79 Å². The fourth-order valence-electron chi connectivity index (χ4n) is 3.21. The third kappa shape index (κ3) is 5.16. The third-order valence-corrected chi connectivity index (χ3v) is 4.50. The SMILES string of the molecule is CN(C)C(CNC(=O)CC1CCCCC1)c1ccccc1. The maximum atomic E-state index is 12.1. The highest BCUT2D eigenvalue weighted by atomic mass is 16.1. The van der Waals surface area contributed by atoms with E-state index in [1.807, 2.05) is 6.07 Å². The molecule has 2 rings (SSSR count). The highest BCUT2D eigenvalue weighted by Crippen LogP contribution is 2.26. The van der Waals surface area contributed by atoms with Gasteiger partial charge in [-0.25, -0.2) is 0 Å². The minimum Gasteiger partial charge on any atom is -0.354 e. The zero-order chi connectivity index (χ0) is 15.1. The lowest BCUT2D eigenvalue weighted by Gasteiger charge is -2.26. The molecule has 1 atom stereocenters. The summed E-state index contributed by atoms with van der Waals surface area (Å²) in [5.41, 5.74) is 1.25. The van der Waals surface area contributed by atoms with E-state index < -0.39 is 0 Å². The topological polar surface area (TPSA) is 32.3 Å². The van der Waals surface area contributed by atoms with E-state index in [-0.39, 0.29) is 11.9 Å². The van der Waals surface area contributed by atoms with Gasteiger partial charge < -0.3 is 10.2 Å². The molecule has 0 spiro atoms. The lowest BCUT2D eigenvalue weighted by Crippen LogP contribution is -2.35. The van der Waals surface area contributed by atoms with Gasteiger partial charge in [-0.1, -0.05) is 49.6 Å². The van der Waals surface area contributed by atoms with E-state index >= 15 is 0 Å². The second-order valence-corrected chi connectivity index (χ2v) is 6.40. The quantitative estimate of drug-likeness (QED) is 0.870. The number of likely N-dealkylation sites (N-methyl/N-ethyl adjacent to an activating group) is 1. The maximum absolute atomic E-state index is 12.1. The summed E-state index contributed by atoms with van der Waals surface area (Å²) >= 11 is 0. The van der Waals surface area contributed by atoms with Crippen LogP contribution in [0.3, 0.4) is 0 Å². The zero-order valence-corrected chi connectivity index (χ0v) is 13.3. The molecule has 0 heterocycles. The summed E-state index contributed by atoms with van der Waals surface area (Å²) in [6.45, 7) is 0.683. The van der Waals surface area contributed by atoms with Crippen LogP contribution < -0.4 is 5.32 Å². The monoisotopic (exact) mass is 288 g/mol. The number of carbonyl (C=O) groups excluding carboxylic acids is 1. The molecular formula is C18H28N2O. The Morgan fingerprint density at radius 1 is 1.19 bits per heavy atom. The third-order valence-electron chi connectivity index (χ3n) is 4.50. The minimum atomic E-state index is 0.213. The molecule has 1 aliphatic rings.